The van der Waals surface area contributed by atoms with E-state index in [0.717, 1.165) is 5.56 Å². The molecule has 0 unspecified atom stereocenters. The minimum absolute atomic E-state index is 0.140. The number of carbonyl (C=O) groups excluding carboxylic acids is 1. The molecule has 6 heteroatoms. The smallest absolute Gasteiger partial charge is 0.228 e. The number of hydrogen-bond donors (Lipinski definition) is 1. The highest BCUT2D eigenvalue weighted by Gasteiger charge is 2.09. The van der Waals surface area contributed by atoms with E-state index in [4.69, 9.17) is 14.2 Å². The fourth-order valence-corrected chi connectivity index (χ4v) is 1.96. The molecule has 0 saturated carbocycles. The molecule has 0 saturated heterocycles. The first-order valence-electron chi connectivity index (χ1n) is 6.67. The van der Waals surface area contributed by atoms with Crippen molar-refractivity contribution in [2.75, 3.05) is 26.6 Å². The van der Waals surface area contributed by atoms with Gasteiger partial charge in [-0.3, -0.25) is 4.79 Å². The molecule has 0 spiro atoms. The van der Waals surface area contributed by atoms with Gasteiger partial charge in [0.25, 0.3) is 0 Å². The molecule has 0 aliphatic heterocycles. The van der Waals surface area contributed by atoms with Gasteiger partial charge < -0.3 is 19.5 Å². The van der Waals surface area contributed by atoms with Crippen LogP contribution in [0, 0.1) is 0 Å². The maximum Gasteiger partial charge on any atom is 0.228 e. The van der Waals surface area contributed by atoms with Crippen LogP contribution in [0.25, 0.3) is 0 Å². The Morgan fingerprint density at radius 3 is 2.41 bits per heavy atom. The second-order valence-corrected chi connectivity index (χ2v) is 4.50. The third-order valence-electron chi connectivity index (χ3n) is 3.04. The maximum atomic E-state index is 12.0. The van der Waals surface area contributed by atoms with Gasteiger partial charge in [0.15, 0.2) is 11.5 Å². The normalized spacial score (nSPS) is 9.95. The lowest BCUT2D eigenvalue weighted by Crippen LogP contribution is -2.14. The SMILES string of the molecule is COc1ccc(NC(=O)Cc2ccc(OC)c(OC)c2)cn1. The molecular formula is C16H18N2O4. The quantitative estimate of drug-likeness (QED) is 0.886. The minimum Gasteiger partial charge on any atom is -0.493 e. The maximum absolute atomic E-state index is 12.0. The molecule has 2 rings (SSSR count). The van der Waals surface area contributed by atoms with E-state index in [-0.39, 0.29) is 12.3 Å². The summed E-state index contributed by atoms with van der Waals surface area (Å²) in [4.78, 5) is 16.1. The van der Waals surface area contributed by atoms with Crippen molar-refractivity contribution in [2.45, 2.75) is 6.42 Å². The van der Waals surface area contributed by atoms with E-state index in [1.807, 2.05) is 6.07 Å². The molecule has 1 heterocycles. The van der Waals surface area contributed by atoms with E-state index in [2.05, 4.69) is 10.3 Å². The third-order valence-corrected chi connectivity index (χ3v) is 3.04. The van der Waals surface area contributed by atoms with Crippen molar-refractivity contribution in [1.29, 1.82) is 0 Å². The van der Waals surface area contributed by atoms with Gasteiger partial charge in [0, 0.05) is 6.07 Å². The van der Waals surface area contributed by atoms with Crippen LogP contribution in [0.15, 0.2) is 36.5 Å². The molecule has 0 radical (unpaired) electrons. The van der Waals surface area contributed by atoms with Crippen molar-refractivity contribution in [3.63, 3.8) is 0 Å². The molecule has 0 aliphatic rings. The van der Waals surface area contributed by atoms with Gasteiger partial charge >= 0.3 is 0 Å². The lowest BCUT2D eigenvalue weighted by atomic mass is 10.1. The van der Waals surface area contributed by atoms with Gasteiger partial charge in [-0.1, -0.05) is 6.07 Å². The van der Waals surface area contributed by atoms with Crippen LogP contribution >= 0.6 is 0 Å². The number of benzene rings is 1. The first-order chi connectivity index (χ1) is 10.7. The number of methoxy groups -OCH3 is 3. The predicted molar refractivity (Wildman–Crippen MR) is 82.7 cm³/mol. The fourth-order valence-electron chi connectivity index (χ4n) is 1.96. The highest BCUT2D eigenvalue weighted by atomic mass is 16.5. The number of nitrogens with zero attached hydrogens (tertiary/aromatic N) is 1. The number of rotatable bonds is 6. The second kappa shape index (κ2) is 7.31. The molecular weight excluding hydrogens is 284 g/mol. The fraction of sp³-hybridized carbons (Fsp3) is 0.250. The number of ether oxygens (including phenoxy) is 3. The molecule has 1 N–H and O–H groups in total. The van der Waals surface area contributed by atoms with Crippen molar-refractivity contribution in [3.8, 4) is 17.4 Å². The Labute approximate surface area is 129 Å². The van der Waals surface area contributed by atoms with Crippen molar-refractivity contribution in [1.82, 2.24) is 4.98 Å². The Bertz CT molecular complexity index is 641. The summed E-state index contributed by atoms with van der Waals surface area (Å²) in [7, 11) is 4.67. The van der Waals surface area contributed by atoms with E-state index < -0.39 is 0 Å². The molecule has 2 aromatic rings. The van der Waals surface area contributed by atoms with E-state index in [1.54, 1.807) is 44.7 Å². The van der Waals surface area contributed by atoms with Crippen LogP contribution in [0.1, 0.15) is 5.56 Å². The van der Waals surface area contributed by atoms with Crippen molar-refractivity contribution in [3.05, 3.63) is 42.1 Å². The van der Waals surface area contributed by atoms with Gasteiger partial charge in [0.2, 0.25) is 11.8 Å². The van der Waals surface area contributed by atoms with E-state index >= 15 is 0 Å². The average molecular weight is 302 g/mol. The van der Waals surface area contributed by atoms with Gasteiger partial charge in [0.05, 0.1) is 39.6 Å². The van der Waals surface area contributed by atoms with Gasteiger partial charge in [-0.25, -0.2) is 4.98 Å². The Kier molecular flexibility index (Phi) is 5.19. The standard InChI is InChI=1S/C16H18N2O4/c1-20-13-6-4-11(8-14(13)21-2)9-15(19)18-12-5-7-16(22-3)17-10-12/h4-8,10H,9H2,1-3H3,(H,18,19). The molecule has 1 aromatic heterocycles. The first-order valence-corrected chi connectivity index (χ1v) is 6.67. The molecule has 1 amide bonds. The molecule has 6 nitrogen and oxygen atoms in total. The number of aromatic nitrogens is 1. The number of pyridine rings is 1. The van der Waals surface area contributed by atoms with Gasteiger partial charge in [-0.15, -0.1) is 0 Å². The Morgan fingerprint density at radius 2 is 1.82 bits per heavy atom. The largest absolute Gasteiger partial charge is 0.493 e. The molecule has 22 heavy (non-hydrogen) atoms. The topological polar surface area (TPSA) is 69.7 Å². The molecule has 0 fully saturated rings. The van der Waals surface area contributed by atoms with Crippen LogP contribution in [0.2, 0.25) is 0 Å². The van der Waals surface area contributed by atoms with Gasteiger partial charge in [-0.2, -0.15) is 0 Å². The monoisotopic (exact) mass is 302 g/mol. The predicted octanol–water partition coefficient (Wildman–Crippen LogP) is 2.29. The number of nitrogens with one attached hydrogen (secondary N) is 1. The summed E-state index contributed by atoms with van der Waals surface area (Å²) >= 11 is 0. The van der Waals surface area contributed by atoms with Crippen LogP contribution in [-0.4, -0.2) is 32.2 Å². The van der Waals surface area contributed by atoms with Crippen LogP contribution in [0.5, 0.6) is 17.4 Å². The van der Waals surface area contributed by atoms with Crippen LogP contribution in [0.3, 0.4) is 0 Å². The van der Waals surface area contributed by atoms with Crippen LogP contribution in [-0.2, 0) is 11.2 Å². The Balaban J connectivity index is 2.02. The summed E-state index contributed by atoms with van der Waals surface area (Å²) in [5.41, 5.74) is 1.45. The summed E-state index contributed by atoms with van der Waals surface area (Å²) < 4.78 is 15.4. The van der Waals surface area contributed by atoms with Gasteiger partial charge in [0.1, 0.15) is 0 Å². The zero-order valence-corrected chi connectivity index (χ0v) is 12.8. The van der Waals surface area contributed by atoms with Crippen molar-refractivity contribution in [2.24, 2.45) is 0 Å². The molecule has 116 valence electrons. The summed E-state index contributed by atoms with van der Waals surface area (Å²) in [5, 5.41) is 2.78. The van der Waals surface area contributed by atoms with Crippen molar-refractivity contribution < 1.29 is 19.0 Å². The van der Waals surface area contributed by atoms with Crippen LogP contribution < -0.4 is 19.5 Å². The summed E-state index contributed by atoms with van der Waals surface area (Å²) in [6, 6.07) is 8.80. The first kappa shape index (κ1) is 15.6. The molecule has 0 aliphatic carbocycles. The highest BCUT2D eigenvalue weighted by molar-refractivity contribution is 5.92. The lowest BCUT2D eigenvalue weighted by Gasteiger charge is -2.10. The zero-order chi connectivity index (χ0) is 15.9. The lowest BCUT2D eigenvalue weighted by molar-refractivity contribution is -0.115. The highest BCUT2D eigenvalue weighted by Crippen LogP contribution is 2.27. The van der Waals surface area contributed by atoms with Crippen molar-refractivity contribution >= 4 is 11.6 Å². The number of hydrogen-bond acceptors (Lipinski definition) is 5. The van der Waals surface area contributed by atoms with E-state index in [1.165, 1.54) is 7.11 Å². The Morgan fingerprint density at radius 1 is 1.05 bits per heavy atom. The van der Waals surface area contributed by atoms with E-state index in [0.29, 0.717) is 23.1 Å². The zero-order valence-electron chi connectivity index (χ0n) is 12.8. The number of anilines is 1. The second-order valence-electron chi connectivity index (χ2n) is 4.50. The molecule has 1 aromatic carbocycles. The number of amides is 1. The third kappa shape index (κ3) is 3.88. The summed E-state index contributed by atoms with van der Waals surface area (Å²) in [6.45, 7) is 0. The molecule has 0 bridgehead atoms. The van der Waals surface area contributed by atoms with Gasteiger partial charge in [-0.05, 0) is 23.8 Å². The summed E-state index contributed by atoms with van der Waals surface area (Å²) in [5.74, 6) is 1.59. The number of carbonyl (C=O) groups is 1. The van der Waals surface area contributed by atoms with Crippen LogP contribution in [0.4, 0.5) is 5.69 Å². The minimum atomic E-state index is -0.140. The van der Waals surface area contributed by atoms with E-state index in [9.17, 15) is 4.79 Å². The average Bonchev–Trinajstić information content (AvgIpc) is 2.55. The summed E-state index contributed by atoms with van der Waals surface area (Å²) in [6.07, 6.45) is 1.78. The Hall–Kier alpha value is -2.76. The molecule has 0 atom stereocenters.